The Kier molecular flexibility index (Phi) is 4.32. The molecule has 1 aliphatic rings. The smallest absolute Gasteiger partial charge is 0.364 e. The van der Waals surface area contributed by atoms with Crippen LogP contribution in [0.15, 0.2) is 62.2 Å². The van der Waals surface area contributed by atoms with Gasteiger partial charge in [-0.1, -0.05) is 11.6 Å². The molecule has 2 aromatic heterocycles. The maximum absolute atomic E-state index is 12.0. The summed E-state index contributed by atoms with van der Waals surface area (Å²) in [6.07, 6.45) is 2.88. The standard InChI is InChI=1S/C19H11ClN2O6/c1-10-7-15(22(24)25)13(20)9-12(10)16-5-4-11(27-16)8-14-19(23)28-18(21-14)17-3-2-6-26-17/h2-9H,1H3/b14-8-. The molecule has 0 fully saturated rings. The van der Waals surface area contributed by atoms with Gasteiger partial charge in [0.1, 0.15) is 16.5 Å². The van der Waals surface area contributed by atoms with Gasteiger partial charge in [0.25, 0.3) is 11.6 Å². The van der Waals surface area contributed by atoms with E-state index in [1.54, 1.807) is 31.2 Å². The monoisotopic (exact) mass is 398 g/mol. The summed E-state index contributed by atoms with van der Waals surface area (Å²) in [5.74, 6) is 0.598. The van der Waals surface area contributed by atoms with Crippen molar-refractivity contribution >= 4 is 35.2 Å². The fourth-order valence-corrected chi connectivity index (χ4v) is 2.93. The van der Waals surface area contributed by atoms with Gasteiger partial charge in [0.2, 0.25) is 0 Å². The van der Waals surface area contributed by atoms with Crippen molar-refractivity contribution in [3.8, 4) is 11.3 Å². The van der Waals surface area contributed by atoms with Crippen molar-refractivity contribution in [2.75, 3.05) is 0 Å². The van der Waals surface area contributed by atoms with E-state index in [2.05, 4.69) is 4.99 Å². The number of nitrogens with zero attached hydrogens (tertiary/aromatic N) is 2. The van der Waals surface area contributed by atoms with Gasteiger partial charge in [0.05, 0.1) is 11.2 Å². The van der Waals surface area contributed by atoms with Crippen LogP contribution >= 0.6 is 11.6 Å². The van der Waals surface area contributed by atoms with Crippen LogP contribution in [0.4, 0.5) is 5.69 Å². The second-order valence-electron chi connectivity index (χ2n) is 5.89. The molecule has 0 saturated heterocycles. The number of aryl methyl sites for hydroxylation is 1. The number of rotatable bonds is 4. The van der Waals surface area contributed by atoms with Gasteiger partial charge < -0.3 is 13.6 Å². The third-order valence-corrected chi connectivity index (χ3v) is 4.32. The van der Waals surface area contributed by atoms with Gasteiger partial charge in [-0.25, -0.2) is 9.79 Å². The molecular weight excluding hydrogens is 388 g/mol. The quantitative estimate of drug-likeness (QED) is 0.271. The molecule has 0 unspecified atom stereocenters. The highest BCUT2D eigenvalue weighted by Crippen LogP contribution is 2.34. The molecule has 3 aromatic rings. The highest BCUT2D eigenvalue weighted by Gasteiger charge is 2.26. The van der Waals surface area contributed by atoms with Gasteiger partial charge in [0.15, 0.2) is 11.5 Å². The van der Waals surface area contributed by atoms with Gasteiger partial charge >= 0.3 is 5.97 Å². The molecular formula is C19H11ClN2O6. The van der Waals surface area contributed by atoms with E-state index in [0.29, 0.717) is 28.4 Å². The molecule has 0 radical (unpaired) electrons. The maximum atomic E-state index is 12.0. The SMILES string of the molecule is Cc1cc([N+](=O)[O-])c(Cl)cc1-c1ccc(/C=C2\N=C(c3ccco3)OC2=O)o1. The first-order valence-electron chi connectivity index (χ1n) is 8.03. The molecule has 0 bridgehead atoms. The van der Waals surface area contributed by atoms with Crippen LogP contribution in [0.5, 0.6) is 0 Å². The Morgan fingerprint density at radius 1 is 1.21 bits per heavy atom. The molecule has 4 rings (SSSR count). The van der Waals surface area contributed by atoms with E-state index in [0.717, 1.165) is 0 Å². The van der Waals surface area contributed by atoms with Crippen molar-refractivity contribution in [2.24, 2.45) is 4.99 Å². The number of benzene rings is 1. The number of carbonyl (C=O) groups excluding carboxylic acids is 1. The summed E-state index contributed by atoms with van der Waals surface area (Å²) < 4.78 is 16.0. The number of cyclic esters (lactones) is 1. The molecule has 9 heteroatoms. The lowest BCUT2D eigenvalue weighted by molar-refractivity contribution is -0.384. The third kappa shape index (κ3) is 3.21. The number of halogens is 1. The Morgan fingerprint density at radius 2 is 2.04 bits per heavy atom. The van der Waals surface area contributed by atoms with Crippen molar-refractivity contribution < 1.29 is 23.3 Å². The van der Waals surface area contributed by atoms with Gasteiger partial charge in [-0.05, 0) is 42.8 Å². The van der Waals surface area contributed by atoms with E-state index in [-0.39, 0.29) is 22.3 Å². The number of carbonyl (C=O) groups is 1. The summed E-state index contributed by atoms with van der Waals surface area (Å²) in [6, 6.07) is 9.46. The number of nitro benzene ring substituents is 1. The largest absolute Gasteiger partial charge is 0.459 e. The lowest BCUT2D eigenvalue weighted by atomic mass is 10.1. The van der Waals surface area contributed by atoms with Crippen LogP contribution in [0.1, 0.15) is 17.1 Å². The molecule has 28 heavy (non-hydrogen) atoms. The van der Waals surface area contributed by atoms with E-state index in [9.17, 15) is 14.9 Å². The van der Waals surface area contributed by atoms with Crippen molar-refractivity contribution in [1.82, 2.24) is 0 Å². The van der Waals surface area contributed by atoms with Crippen LogP contribution in [0.3, 0.4) is 0 Å². The second kappa shape index (κ2) is 6.82. The van der Waals surface area contributed by atoms with Crippen molar-refractivity contribution in [3.05, 3.63) is 80.6 Å². The lowest BCUT2D eigenvalue weighted by Crippen LogP contribution is -2.04. The fraction of sp³-hybridized carbons (Fsp3) is 0.0526. The molecule has 1 aromatic carbocycles. The number of furan rings is 2. The van der Waals surface area contributed by atoms with Crippen molar-refractivity contribution in [2.45, 2.75) is 6.92 Å². The second-order valence-corrected chi connectivity index (χ2v) is 6.30. The van der Waals surface area contributed by atoms with Gasteiger partial charge in [-0.2, -0.15) is 0 Å². The first-order chi connectivity index (χ1) is 13.4. The van der Waals surface area contributed by atoms with Crippen LogP contribution < -0.4 is 0 Å². The van der Waals surface area contributed by atoms with E-state index in [1.165, 1.54) is 24.5 Å². The lowest BCUT2D eigenvalue weighted by Gasteiger charge is -2.04. The van der Waals surface area contributed by atoms with Crippen LogP contribution in [0.2, 0.25) is 5.02 Å². The Labute approximate surface area is 162 Å². The van der Waals surface area contributed by atoms with Crippen molar-refractivity contribution in [1.29, 1.82) is 0 Å². The Morgan fingerprint density at radius 3 is 2.75 bits per heavy atom. The summed E-state index contributed by atoms with van der Waals surface area (Å²) in [4.78, 5) is 26.5. The average molecular weight is 399 g/mol. The minimum Gasteiger partial charge on any atom is -0.459 e. The Balaban J connectivity index is 1.65. The summed E-state index contributed by atoms with van der Waals surface area (Å²) in [6.45, 7) is 1.72. The van der Waals surface area contributed by atoms with Crippen LogP contribution in [-0.2, 0) is 9.53 Å². The number of esters is 1. The molecule has 0 spiro atoms. The number of ether oxygens (including phenoxy) is 1. The zero-order valence-corrected chi connectivity index (χ0v) is 15.1. The maximum Gasteiger partial charge on any atom is 0.364 e. The molecule has 0 atom stereocenters. The minimum atomic E-state index is -0.626. The van der Waals surface area contributed by atoms with Crippen LogP contribution in [-0.4, -0.2) is 16.8 Å². The summed E-state index contributed by atoms with van der Waals surface area (Å²) in [5, 5.41) is 11.0. The minimum absolute atomic E-state index is 0.00830. The highest BCUT2D eigenvalue weighted by molar-refractivity contribution is 6.33. The first kappa shape index (κ1) is 17.7. The molecule has 0 amide bonds. The summed E-state index contributed by atoms with van der Waals surface area (Å²) in [5.41, 5.74) is 1.12. The molecule has 0 saturated carbocycles. The molecule has 0 aliphatic carbocycles. The van der Waals surface area contributed by atoms with Crippen molar-refractivity contribution in [3.63, 3.8) is 0 Å². The number of hydrogen-bond donors (Lipinski definition) is 0. The van der Waals surface area contributed by atoms with E-state index in [1.807, 2.05) is 0 Å². The van der Waals surface area contributed by atoms with E-state index in [4.69, 9.17) is 25.2 Å². The molecule has 140 valence electrons. The fourth-order valence-electron chi connectivity index (χ4n) is 2.70. The normalized spacial score (nSPS) is 15.0. The summed E-state index contributed by atoms with van der Waals surface area (Å²) >= 11 is 5.99. The zero-order valence-electron chi connectivity index (χ0n) is 14.3. The molecule has 8 nitrogen and oxygen atoms in total. The number of nitro groups is 1. The number of aliphatic imine (C=N–C) groups is 1. The van der Waals surface area contributed by atoms with E-state index < -0.39 is 10.9 Å². The predicted molar refractivity (Wildman–Crippen MR) is 99.9 cm³/mol. The molecule has 3 heterocycles. The topological polar surface area (TPSA) is 108 Å². The zero-order chi connectivity index (χ0) is 19.8. The Hall–Kier alpha value is -3.65. The van der Waals surface area contributed by atoms with E-state index >= 15 is 0 Å². The van der Waals surface area contributed by atoms with Gasteiger partial charge in [-0.15, -0.1) is 0 Å². The highest BCUT2D eigenvalue weighted by atomic mass is 35.5. The van der Waals surface area contributed by atoms with Crippen LogP contribution in [0.25, 0.3) is 17.4 Å². The Bertz CT molecular complexity index is 1160. The molecule has 1 aliphatic heterocycles. The first-order valence-corrected chi connectivity index (χ1v) is 8.41. The predicted octanol–water partition coefficient (Wildman–Crippen LogP) is 4.75. The van der Waals surface area contributed by atoms with Gasteiger partial charge in [0, 0.05) is 17.7 Å². The van der Waals surface area contributed by atoms with Crippen LogP contribution in [0, 0.1) is 17.0 Å². The summed E-state index contributed by atoms with van der Waals surface area (Å²) in [7, 11) is 0. The third-order valence-electron chi connectivity index (χ3n) is 4.01. The van der Waals surface area contributed by atoms with Gasteiger partial charge in [-0.3, -0.25) is 10.1 Å². The number of hydrogen-bond acceptors (Lipinski definition) is 7. The average Bonchev–Trinajstić information content (AvgIpc) is 3.38. The molecule has 0 N–H and O–H groups in total.